The van der Waals surface area contributed by atoms with E-state index >= 15 is 0 Å². The standard InChI is InChI=1S/C25H28F2N4O2/c26-25(27)12-9-20(10-13-25)30-24(33)22-15-18-3-1-2-4-21(18)31(22)16-17-5-7-19(8-6-17)29-23(32)11-14-28/h1-8,15,20H,9-14,16,28H2,(H,29,32)(H,30,33). The molecule has 1 aliphatic carbocycles. The van der Waals surface area contributed by atoms with Crippen molar-refractivity contribution in [2.24, 2.45) is 5.73 Å². The van der Waals surface area contributed by atoms with E-state index in [1.54, 1.807) is 0 Å². The van der Waals surface area contributed by atoms with Gasteiger partial charge in [-0.2, -0.15) is 0 Å². The predicted molar refractivity (Wildman–Crippen MR) is 124 cm³/mol. The SMILES string of the molecule is NCCC(=O)Nc1ccc(Cn2c(C(=O)NC3CCC(F)(F)CC3)cc3ccccc32)cc1. The zero-order valence-corrected chi connectivity index (χ0v) is 18.3. The van der Waals surface area contributed by atoms with Gasteiger partial charge in [0.15, 0.2) is 0 Å². The molecule has 8 heteroatoms. The molecule has 1 aromatic heterocycles. The average Bonchev–Trinajstić information content (AvgIpc) is 3.15. The molecule has 4 N–H and O–H groups in total. The van der Waals surface area contributed by atoms with Crippen LogP contribution in [-0.2, 0) is 11.3 Å². The Labute approximate surface area is 191 Å². The van der Waals surface area contributed by atoms with Crippen molar-refractivity contribution in [2.75, 3.05) is 11.9 Å². The van der Waals surface area contributed by atoms with E-state index < -0.39 is 5.92 Å². The third-order valence-corrected chi connectivity index (χ3v) is 6.05. The summed E-state index contributed by atoms with van der Waals surface area (Å²) in [7, 11) is 0. The highest BCUT2D eigenvalue weighted by atomic mass is 19.3. The van der Waals surface area contributed by atoms with Crippen molar-refractivity contribution < 1.29 is 18.4 Å². The molecule has 1 fully saturated rings. The Kier molecular flexibility index (Phi) is 6.74. The number of carbonyl (C=O) groups excluding carboxylic acids is 2. The summed E-state index contributed by atoms with van der Waals surface area (Å²) in [5.41, 5.74) is 8.46. The van der Waals surface area contributed by atoms with Gasteiger partial charge in [0.05, 0.1) is 0 Å². The van der Waals surface area contributed by atoms with Crippen LogP contribution >= 0.6 is 0 Å². The van der Waals surface area contributed by atoms with Crippen molar-refractivity contribution >= 4 is 28.4 Å². The molecule has 2 aromatic carbocycles. The molecular weight excluding hydrogens is 426 g/mol. The fourth-order valence-corrected chi connectivity index (χ4v) is 4.24. The molecule has 0 atom stereocenters. The first-order chi connectivity index (χ1) is 15.8. The third-order valence-electron chi connectivity index (χ3n) is 6.05. The van der Waals surface area contributed by atoms with Crippen molar-refractivity contribution in [1.82, 2.24) is 9.88 Å². The lowest BCUT2D eigenvalue weighted by atomic mass is 9.92. The lowest BCUT2D eigenvalue weighted by Crippen LogP contribution is -2.40. The Morgan fingerprint density at radius 2 is 1.76 bits per heavy atom. The van der Waals surface area contributed by atoms with E-state index in [1.165, 1.54) is 0 Å². The summed E-state index contributed by atoms with van der Waals surface area (Å²) < 4.78 is 28.9. The summed E-state index contributed by atoms with van der Waals surface area (Å²) in [6.07, 6.45) is 0.408. The molecule has 0 spiro atoms. The molecule has 174 valence electrons. The lowest BCUT2D eigenvalue weighted by Gasteiger charge is -2.28. The van der Waals surface area contributed by atoms with Crippen molar-refractivity contribution in [1.29, 1.82) is 0 Å². The van der Waals surface area contributed by atoms with Crippen LogP contribution in [0.4, 0.5) is 14.5 Å². The predicted octanol–water partition coefficient (Wildman–Crippen LogP) is 4.28. The van der Waals surface area contributed by atoms with Crippen LogP contribution in [0, 0.1) is 0 Å². The summed E-state index contributed by atoms with van der Waals surface area (Å²) in [4.78, 5) is 24.9. The minimum Gasteiger partial charge on any atom is -0.348 e. The first-order valence-corrected chi connectivity index (χ1v) is 11.2. The van der Waals surface area contributed by atoms with E-state index in [0.717, 1.165) is 16.5 Å². The molecule has 2 amide bonds. The molecule has 4 rings (SSSR count). The first kappa shape index (κ1) is 22.9. The maximum absolute atomic E-state index is 13.5. The van der Waals surface area contributed by atoms with Crippen LogP contribution in [0.5, 0.6) is 0 Å². The molecule has 0 unspecified atom stereocenters. The van der Waals surface area contributed by atoms with Crippen molar-refractivity contribution in [3.8, 4) is 0 Å². The molecule has 0 bridgehead atoms. The number of anilines is 1. The summed E-state index contributed by atoms with van der Waals surface area (Å²) in [5, 5.41) is 6.68. The van der Waals surface area contributed by atoms with Gasteiger partial charge < -0.3 is 20.9 Å². The molecule has 0 saturated heterocycles. The number of aromatic nitrogens is 1. The second-order valence-electron chi connectivity index (χ2n) is 8.56. The van der Waals surface area contributed by atoms with Crippen LogP contribution in [0.3, 0.4) is 0 Å². The monoisotopic (exact) mass is 454 g/mol. The van der Waals surface area contributed by atoms with Gasteiger partial charge >= 0.3 is 0 Å². The van der Waals surface area contributed by atoms with Gasteiger partial charge in [-0.05, 0) is 42.7 Å². The molecular formula is C25H28F2N4O2. The van der Waals surface area contributed by atoms with Gasteiger partial charge in [0, 0.05) is 55.0 Å². The average molecular weight is 455 g/mol. The number of rotatable bonds is 7. The maximum atomic E-state index is 13.5. The quantitative estimate of drug-likeness (QED) is 0.498. The van der Waals surface area contributed by atoms with Gasteiger partial charge in [-0.3, -0.25) is 9.59 Å². The molecule has 33 heavy (non-hydrogen) atoms. The van der Waals surface area contributed by atoms with E-state index in [-0.39, 0.29) is 50.0 Å². The van der Waals surface area contributed by atoms with E-state index in [2.05, 4.69) is 10.6 Å². The summed E-state index contributed by atoms with van der Waals surface area (Å²) in [6.45, 7) is 0.745. The van der Waals surface area contributed by atoms with Gasteiger partial charge in [-0.15, -0.1) is 0 Å². The highest BCUT2D eigenvalue weighted by Crippen LogP contribution is 2.33. The minimum atomic E-state index is -2.63. The van der Waals surface area contributed by atoms with Gasteiger partial charge in [-0.1, -0.05) is 30.3 Å². The van der Waals surface area contributed by atoms with E-state index in [0.29, 0.717) is 24.5 Å². The Morgan fingerprint density at radius 1 is 1.06 bits per heavy atom. The summed E-state index contributed by atoms with van der Waals surface area (Å²) in [5.74, 6) is -3.03. The van der Waals surface area contributed by atoms with Crippen molar-refractivity contribution in [3.63, 3.8) is 0 Å². The number of benzene rings is 2. The number of carbonyl (C=O) groups is 2. The van der Waals surface area contributed by atoms with Crippen LogP contribution in [0.2, 0.25) is 0 Å². The smallest absolute Gasteiger partial charge is 0.268 e. The Balaban J connectivity index is 1.53. The van der Waals surface area contributed by atoms with E-state index in [1.807, 2.05) is 59.2 Å². The van der Waals surface area contributed by atoms with Crippen LogP contribution in [-0.4, -0.2) is 34.9 Å². The van der Waals surface area contributed by atoms with Gasteiger partial charge in [0.1, 0.15) is 5.69 Å². The number of hydrogen-bond donors (Lipinski definition) is 3. The molecule has 0 aliphatic heterocycles. The van der Waals surface area contributed by atoms with Gasteiger partial charge in [-0.25, -0.2) is 8.78 Å². The van der Waals surface area contributed by atoms with Crippen LogP contribution in [0.1, 0.15) is 48.2 Å². The number of amides is 2. The Hall–Kier alpha value is -3.26. The Bertz CT molecular complexity index is 1130. The second-order valence-corrected chi connectivity index (χ2v) is 8.56. The number of nitrogens with one attached hydrogen (secondary N) is 2. The zero-order chi connectivity index (χ0) is 23.4. The number of nitrogens with two attached hydrogens (primary N) is 1. The van der Waals surface area contributed by atoms with Crippen LogP contribution in [0.25, 0.3) is 10.9 Å². The number of nitrogens with zero attached hydrogens (tertiary/aromatic N) is 1. The molecule has 0 radical (unpaired) electrons. The largest absolute Gasteiger partial charge is 0.348 e. The number of alkyl halides is 2. The maximum Gasteiger partial charge on any atom is 0.268 e. The molecule has 1 aliphatic rings. The fraction of sp³-hybridized carbons (Fsp3) is 0.360. The normalized spacial score (nSPS) is 16.0. The van der Waals surface area contributed by atoms with Crippen LogP contribution in [0.15, 0.2) is 54.6 Å². The fourth-order valence-electron chi connectivity index (χ4n) is 4.24. The molecule has 6 nitrogen and oxygen atoms in total. The zero-order valence-electron chi connectivity index (χ0n) is 18.3. The minimum absolute atomic E-state index is 0.138. The van der Waals surface area contributed by atoms with Gasteiger partial charge in [0.2, 0.25) is 11.8 Å². The third kappa shape index (κ3) is 5.57. The van der Waals surface area contributed by atoms with Crippen molar-refractivity contribution in [3.05, 3.63) is 65.9 Å². The number of hydrogen-bond acceptors (Lipinski definition) is 3. The van der Waals surface area contributed by atoms with E-state index in [9.17, 15) is 18.4 Å². The lowest BCUT2D eigenvalue weighted by molar-refractivity contribution is -0.116. The highest BCUT2D eigenvalue weighted by molar-refractivity contribution is 5.99. The van der Waals surface area contributed by atoms with E-state index in [4.69, 9.17) is 5.73 Å². The molecule has 1 heterocycles. The summed E-state index contributed by atoms with van der Waals surface area (Å²) in [6, 6.07) is 16.7. The van der Waals surface area contributed by atoms with Crippen molar-refractivity contribution in [2.45, 2.75) is 50.6 Å². The number of para-hydroxylation sites is 1. The first-order valence-electron chi connectivity index (χ1n) is 11.2. The highest BCUT2D eigenvalue weighted by Gasteiger charge is 2.35. The molecule has 3 aromatic rings. The van der Waals surface area contributed by atoms with Gasteiger partial charge in [0.25, 0.3) is 5.91 Å². The second kappa shape index (κ2) is 9.70. The number of halogens is 2. The Morgan fingerprint density at radius 3 is 2.45 bits per heavy atom. The molecule has 1 saturated carbocycles. The topological polar surface area (TPSA) is 89.2 Å². The summed E-state index contributed by atoms with van der Waals surface area (Å²) >= 11 is 0. The number of fused-ring (bicyclic) bond motifs is 1. The van der Waals surface area contributed by atoms with Crippen LogP contribution < -0.4 is 16.4 Å².